The standard InChI is InChI=1S/C63H51N3O9/c1-61(2,3)31-10-16-37-43(22-31)52(67)40-19-13-34(25-46(40)55(37)70)64-28-49-58(73)50(29-65-35-14-20-41-47(26-35)56(71)38-17-11-32(62(4,5)6)23-44(38)53(41)68)60(75)51(59(49)74)30-66-36-15-21-42-48(27-36)57(72)39-18-12-33(63(7,8)9)24-45(39)54(42)69/h10-30,64-66H,1-9H3. The third kappa shape index (κ3) is 8.51. The van der Waals surface area contributed by atoms with Gasteiger partial charge in [0.2, 0.25) is 17.3 Å². The Labute approximate surface area is 433 Å². The molecule has 1 fully saturated rings. The first-order valence-electron chi connectivity index (χ1n) is 24.5. The number of anilines is 3. The summed E-state index contributed by atoms with van der Waals surface area (Å²) in [5.41, 5.74) is 3.88. The Morgan fingerprint density at radius 3 is 0.667 bits per heavy atom. The maximum Gasteiger partial charge on any atom is 0.203 e. The van der Waals surface area contributed by atoms with Crippen LogP contribution in [-0.4, -0.2) is 52.0 Å². The SMILES string of the molecule is CC(C)(C)c1ccc2c(c1)C(=O)c1ccc(NC=C3C(=O)C(=CNc4ccc5c(c4)C(=O)c4ccc(C(C)(C)C)cc4C5=O)C(=O)C(=CNc4ccc5c(c4)C(=O)c4ccc(C(C)(C)C)cc4C5=O)C3=O)cc1C2=O. The lowest BCUT2D eigenvalue weighted by Crippen LogP contribution is -2.33. The van der Waals surface area contributed by atoms with E-state index >= 15 is 0 Å². The highest BCUT2D eigenvalue weighted by Gasteiger charge is 2.40. The fraction of sp³-hybridized carbons (Fsp3) is 0.190. The van der Waals surface area contributed by atoms with Crippen LogP contribution in [-0.2, 0) is 30.6 Å². The van der Waals surface area contributed by atoms with Crippen LogP contribution in [0.5, 0.6) is 0 Å². The molecule has 0 saturated heterocycles. The number of rotatable bonds is 6. The van der Waals surface area contributed by atoms with Crippen molar-refractivity contribution < 1.29 is 43.2 Å². The zero-order valence-corrected chi connectivity index (χ0v) is 42.8. The summed E-state index contributed by atoms with van der Waals surface area (Å²) in [6, 6.07) is 29.1. The molecule has 12 heteroatoms. The van der Waals surface area contributed by atoms with Gasteiger partial charge in [0.05, 0.1) is 16.7 Å². The number of ketones is 9. The van der Waals surface area contributed by atoms with Crippen molar-refractivity contribution in [3.8, 4) is 0 Å². The Morgan fingerprint density at radius 1 is 0.253 bits per heavy atom. The molecule has 0 radical (unpaired) electrons. The van der Waals surface area contributed by atoms with Crippen molar-refractivity contribution in [1.82, 2.24) is 0 Å². The summed E-state index contributed by atoms with van der Waals surface area (Å²) < 4.78 is 0. The third-order valence-corrected chi connectivity index (χ3v) is 14.3. The zero-order valence-electron chi connectivity index (χ0n) is 42.8. The van der Waals surface area contributed by atoms with Crippen LogP contribution in [0.25, 0.3) is 0 Å². The van der Waals surface area contributed by atoms with E-state index in [4.69, 9.17) is 0 Å². The maximum absolute atomic E-state index is 14.4. The number of carbonyl (C=O) groups excluding carboxylic acids is 9. The summed E-state index contributed by atoms with van der Waals surface area (Å²) in [6.45, 7) is 18.1. The molecule has 0 heterocycles. The van der Waals surface area contributed by atoms with Crippen LogP contribution in [0, 0.1) is 0 Å². The predicted octanol–water partition coefficient (Wildman–Crippen LogP) is 10.9. The van der Waals surface area contributed by atoms with Crippen molar-refractivity contribution in [3.63, 3.8) is 0 Å². The number of carbonyl (C=O) groups is 9. The molecule has 75 heavy (non-hydrogen) atoms. The molecule has 0 bridgehead atoms. The van der Waals surface area contributed by atoms with Gasteiger partial charge in [-0.15, -0.1) is 0 Å². The van der Waals surface area contributed by atoms with E-state index in [1.807, 2.05) is 80.5 Å². The number of hydrogen-bond acceptors (Lipinski definition) is 12. The topological polar surface area (TPSA) is 190 Å². The van der Waals surface area contributed by atoms with Gasteiger partial charge < -0.3 is 16.0 Å². The summed E-state index contributed by atoms with van der Waals surface area (Å²) in [4.78, 5) is 126. The molecule has 4 aliphatic carbocycles. The van der Waals surface area contributed by atoms with E-state index in [1.54, 1.807) is 36.4 Å². The monoisotopic (exact) mass is 993 g/mol. The summed E-state index contributed by atoms with van der Waals surface area (Å²) in [7, 11) is 0. The quantitative estimate of drug-likeness (QED) is 0.106. The third-order valence-electron chi connectivity index (χ3n) is 14.3. The Kier molecular flexibility index (Phi) is 11.6. The zero-order chi connectivity index (χ0) is 53.8. The highest BCUT2D eigenvalue weighted by atomic mass is 16.2. The Morgan fingerprint density at radius 2 is 0.453 bits per heavy atom. The Bertz CT molecular complexity index is 3390. The number of Topliss-reactive ketones (excluding diaryl/α,β-unsaturated/α-hetero) is 3. The average molecular weight is 994 g/mol. The van der Waals surface area contributed by atoms with Gasteiger partial charge in [0.15, 0.2) is 34.7 Å². The van der Waals surface area contributed by atoms with Gasteiger partial charge in [-0.25, -0.2) is 0 Å². The largest absolute Gasteiger partial charge is 0.361 e. The van der Waals surface area contributed by atoms with E-state index < -0.39 is 34.1 Å². The summed E-state index contributed by atoms with van der Waals surface area (Å²) in [5.74, 6) is -4.98. The van der Waals surface area contributed by atoms with Crippen LogP contribution in [0.2, 0.25) is 0 Å². The second-order valence-corrected chi connectivity index (χ2v) is 22.4. The number of benzene rings is 6. The molecule has 10 rings (SSSR count). The van der Waals surface area contributed by atoms with Crippen LogP contribution < -0.4 is 16.0 Å². The van der Waals surface area contributed by atoms with E-state index in [0.29, 0.717) is 16.7 Å². The second-order valence-electron chi connectivity index (χ2n) is 22.4. The van der Waals surface area contributed by atoms with Crippen LogP contribution in [0.1, 0.15) is 175 Å². The smallest absolute Gasteiger partial charge is 0.203 e. The van der Waals surface area contributed by atoms with Crippen molar-refractivity contribution in [2.45, 2.75) is 78.6 Å². The molecule has 372 valence electrons. The number of nitrogens with one attached hydrogen (secondary N) is 3. The number of allylic oxidation sites excluding steroid dienone is 3. The molecule has 0 spiro atoms. The van der Waals surface area contributed by atoms with Gasteiger partial charge in [-0.05, 0) is 124 Å². The summed E-state index contributed by atoms with van der Waals surface area (Å²) in [6.07, 6.45) is 3.36. The van der Waals surface area contributed by atoms with Gasteiger partial charge in [0.1, 0.15) is 0 Å². The van der Waals surface area contributed by atoms with Gasteiger partial charge in [0.25, 0.3) is 0 Å². The average Bonchev–Trinajstić information content (AvgIpc) is 3.37. The van der Waals surface area contributed by atoms with E-state index in [0.717, 1.165) is 35.3 Å². The minimum Gasteiger partial charge on any atom is -0.361 e. The molecule has 0 atom stereocenters. The fourth-order valence-electron chi connectivity index (χ4n) is 9.72. The van der Waals surface area contributed by atoms with Gasteiger partial charge in [0, 0.05) is 102 Å². The lowest BCUT2D eigenvalue weighted by molar-refractivity contribution is -0.124. The molecule has 1 saturated carbocycles. The van der Waals surface area contributed by atoms with Crippen molar-refractivity contribution in [3.05, 3.63) is 228 Å². The van der Waals surface area contributed by atoms with Gasteiger partial charge in [-0.1, -0.05) is 80.5 Å². The molecule has 6 aromatic rings. The molecule has 6 aromatic carbocycles. The minimum absolute atomic E-state index is 0.122. The maximum atomic E-state index is 14.4. The molecule has 4 aliphatic rings. The van der Waals surface area contributed by atoms with Crippen molar-refractivity contribution >= 4 is 69.1 Å². The minimum atomic E-state index is -0.964. The molecule has 3 N–H and O–H groups in total. The molecule has 0 aliphatic heterocycles. The number of hydrogen-bond donors (Lipinski definition) is 3. The van der Waals surface area contributed by atoms with Crippen LogP contribution in [0.3, 0.4) is 0 Å². The molecule has 0 aromatic heterocycles. The van der Waals surface area contributed by atoms with Crippen LogP contribution in [0.4, 0.5) is 17.1 Å². The van der Waals surface area contributed by atoms with E-state index in [-0.39, 0.29) is 118 Å². The van der Waals surface area contributed by atoms with Gasteiger partial charge >= 0.3 is 0 Å². The lowest BCUT2D eigenvalue weighted by Gasteiger charge is -2.24. The first kappa shape index (κ1) is 49.5. The van der Waals surface area contributed by atoms with Gasteiger partial charge in [-0.2, -0.15) is 0 Å². The fourth-order valence-corrected chi connectivity index (χ4v) is 9.72. The summed E-state index contributed by atoms with van der Waals surface area (Å²) >= 11 is 0. The predicted molar refractivity (Wildman–Crippen MR) is 285 cm³/mol. The molecular weight excluding hydrogens is 943 g/mol. The van der Waals surface area contributed by atoms with Crippen molar-refractivity contribution in [2.75, 3.05) is 16.0 Å². The van der Waals surface area contributed by atoms with E-state index in [1.165, 1.54) is 54.6 Å². The summed E-state index contributed by atoms with van der Waals surface area (Å²) in [5, 5.41) is 8.79. The van der Waals surface area contributed by atoms with Crippen molar-refractivity contribution in [1.29, 1.82) is 0 Å². The molecular formula is C63H51N3O9. The molecule has 12 nitrogen and oxygen atoms in total. The first-order valence-corrected chi connectivity index (χ1v) is 24.5. The van der Waals surface area contributed by atoms with Crippen molar-refractivity contribution in [2.24, 2.45) is 0 Å². The van der Waals surface area contributed by atoms with E-state index in [9.17, 15) is 43.2 Å². The van der Waals surface area contributed by atoms with Gasteiger partial charge in [-0.3, -0.25) is 43.2 Å². The molecule has 0 unspecified atom stereocenters. The highest BCUT2D eigenvalue weighted by Crippen LogP contribution is 2.37. The first-order chi connectivity index (χ1) is 35.3. The van der Waals surface area contributed by atoms with E-state index in [2.05, 4.69) is 16.0 Å². The Balaban J connectivity index is 0.981. The molecule has 0 amide bonds. The number of fused-ring (bicyclic) bond motifs is 6. The van der Waals surface area contributed by atoms with Crippen LogP contribution in [0.15, 0.2) is 145 Å². The second kappa shape index (κ2) is 17.6. The normalized spacial score (nSPS) is 15.2. The lowest BCUT2D eigenvalue weighted by atomic mass is 9.79. The van der Waals surface area contributed by atoms with Crippen LogP contribution >= 0.6 is 0 Å². The highest BCUT2D eigenvalue weighted by molar-refractivity contribution is 6.52. The Hall–Kier alpha value is -9.03.